The van der Waals surface area contributed by atoms with Gasteiger partial charge in [0.25, 0.3) is 11.5 Å². The van der Waals surface area contributed by atoms with Gasteiger partial charge in [0.1, 0.15) is 6.33 Å². The van der Waals surface area contributed by atoms with Gasteiger partial charge in [-0.05, 0) is 49.2 Å². The number of aromatic nitrogens is 2. The van der Waals surface area contributed by atoms with Crippen LogP contribution in [0.4, 0.5) is 0 Å². The molecule has 0 atom stereocenters. The number of hydroxylamine groups is 1. The normalized spacial score (nSPS) is 14.6. The first-order chi connectivity index (χ1) is 15.1. The minimum absolute atomic E-state index is 0.167. The van der Waals surface area contributed by atoms with Gasteiger partial charge in [-0.3, -0.25) is 23.9 Å². The molecule has 0 unspecified atom stereocenters. The Labute approximate surface area is 180 Å². The molecule has 0 spiro atoms. The summed E-state index contributed by atoms with van der Waals surface area (Å²) < 4.78 is 6.90. The first-order valence-electron chi connectivity index (χ1n) is 10.4. The number of carbonyl (C=O) groups excluding carboxylic acids is 1. The number of aryl methyl sites for hydroxylation is 1. The van der Waals surface area contributed by atoms with Gasteiger partial charge in [-0.1, -0.05) is 12.1 Å². The fourth-order valence-electron chi connectivity index (χ4n) is 3.66. The molecule has 0 radical (unpaired) electrons. The Balaban J connectivity index is 1.70. The zero-order valence-corrected chi connectivity index (χ0v) is 17.8. The lowest BCUT2D eigenvalue weighted by Gasteiger charge is -2.26. The van der Waals surface area contributed by atoms with Crippen LogP contribution in [0.2, 0.25) is 0 Å². The van der Waals surface area contributed by atoms with Crippen LogP contribution in [0.3, 0.4) is 0 Å². The highest BCUT2D eigenvalue weighted by Gasteiger charge is 2.14. The van der Waals surface area contributed by atoms with E-state index in [1.54, 1.807) is 19.1 Å². The van der Waals surface area contributed by atoms with Gasteiger partial charge < -0.3 is 4.74 Å². The topological polar surface area (TPSA) is 85.7 Å². The molecule has 0 saturated carbocycles. The van der Waals surface area contributed by atoms with Crippen molar-refractivity contribution in [2.45, 2.75) is 20.4 Å². The third-order valence-corrected chi connectivity index (χ3v) is 5.37. The van der Waals surface area contributed by atoms with Crippen LogP contribution >= 0.6 is 0 Å². The van der Waals surface area contributed by atoms with Crippen molar-refractivity contribution in [2.24, 2.45) is 0 Å². The standard InChI is InChI=1S/C23H26N4O4/c1-3-31-25-22(28)18-6-4-16(2)21(13-18)27-15-24-20-7-5-17(12-19(20)23(27)29)14-26-8-10-30-11-9-26/h4-7,12-13,15H,3,8-11,14H2,1-2H3,(H,25,28). The Morgan fingerprint density at radius 1 is 1.19 bits per heavy atom. The van der Waals surface area contributed by atoms with E-state index >= 15 is 0 Å². The van der Waals surface area contributed by atoms with Crippen molar-refractivity contribution in [1.29, 1.82) is 0 Å². The number of nitrogens with one attached hydrogen (secondary N) is 1. The van der Waals surface area contributed by atoms with Crippen LogP contribution < -0.4 is 11.0 Å². The van der Waals surface area contributed by atoms with Gasteiger partial charge in [-0.15, -0.1) is 0 Å². The summed E-state index contributed by atoms with van der Waals surface area (Å²) in [6.07, 6.45) is 1.51. The highest BCUT2D eigenvalue weighted by atomic mass is 16.6. The fourth-order valence-corrected chi connectivity index (χ4v) is 3.66. The van der Waals surface area contributed by atoms with Gasteiger partial charge in [0, 0.05) is 25.2 Å². The molecular weight excluding hydrogens is 396 g/mol. The van der Waals surface area contributed by atoms with E-state index in [0.717, 1.165) is 44.0 Å². The summed E-state index contributed by atoms with van der Waals surface area (Å²) in [5, 5.41) is 0.553. The summed E-state index contributed by atoms with van der Waals surface area (Å²) >= 11 is 0. The van der Waals surface area contributed by atoms with Crippen LogP contribution in [0.5, 0.6) is 0 Å². The number of hydrogen-bond acceptors (Lipinski definition) is 6. The summed E-state index contributed by atoms with van der Waals surface area (Å²) in [5.41, 5.74) is 5.80. The molecule has 8 heteroatoms. The van der Waals surface area contributed by atoms with Crippen molar-refractivity contribution in [3.8, 4) is 5.69 Å². The number of morpholine rings is 1. The van der Waals surface area contributed by atoms with Gasteiger partial charge in [0.2, 0.25) is 0 Å². The van der Waals surface area contributed by atoms with Crippen molar-refractivity contribution in [2.75, 3.05) is 32.9 Å². The SMILES string of the molecule is CCONC(=O)c1ccc(C)c(-n2cnc3ccc(CN4CCOCC4)cc3c2=O)c1. The second-order valence-corrected chi connectivity index (χ2v) is 7.53. The molecule has 3 aromatic rings. The van der Waals surface area contributed by atoms with E-state index in [2.05, 4.69) is 15.4 Å². The largest absolute Gasteiger partial charge is 0.379 e. The zero-order chi connectivity index (χ0) is 21.8. The van der Waals surface area contributed by atoms with Crippen molar-refractivity contribution in [3.05, 3.63) is 69.8 Å². The van der Waals surface area contributed by atoms with Crippen LogP contribution in [0.1, 0.15) is 28.4 Å². The van der Waals surface area contributed by atoms with Gasteiger partial charge >= 0.3 is 0 Å². The Bertz CT molecular complexity index is 1150. The Kier molecular flexibility index (Phi) is 6.41. The minimum Gasteiger partial charge on any atom is -0.379 e. The van der Waals surface area contributed by atoms with E-state index in [0.29, 0.717) is 28.8 Å². The second-order valence-electron chi connectivity index (χ2n) is 7.53. The third-order valence-electron chi connectivity index (χ3n) is 5.37. The van der Waals surface area contributed by atoms with E-state index in [4.69, 9.17) is 9.57 Å². The molecule has 162 valence electrons. The maximum absolute atomic E-state index is 13.3. The lowest BCUT2D eigenvalue weighted by atomic mass is 10.1. The molecule has 1 N–H and O–H groups in total. The molecule has 1 aliphatic rings. The minimum atomic E-state index is -0.363. The number of rotatable bonds is 6. The maximum atomic E-state index is 13.3. The van der Waals surface area contributed by atoms with Crippen LogP contribution in [-0.2, 0) is 16.1 Å². The number of benzene rings is 2. The van der Waals surface area contributed by atoms with Gasteiger partial charge in [0.15, 0.2) is 0 Å². The number of ether oxygens (including phenoxy) is 1. The summed E-state index contributed by atoms with van der Waals surface area (Å²) in [6.45, 7) is 8.03. The molecule has 2 heterocycles. The van der Waals surface area contributed by atoms with E-state index in [9.17, 15) is 9.59 Å². The second kappa shape index (κ2) is 9.38. The maximum Gasteiger partial charge on any atom is 0.274 e. The molecule has 1 aliphatic heterocycles. The van der Waals surface area contributed by atoms with Gasteiger partial charge in [-0.25, -0.2) is 10.5 Å². The quantitative estimate of drug-likeness (QED) is 0.613. The number of nitrogens with zero attached hydrogens (tertiary/aromatic N) is 3. The molecular formula is C23H26N4O4. The Hall–Kier alpha value is -3.07. The van der Waals surface area contributed by atoms with Crippen molar-refractivity contribution in [3.63, 3.8) is 0 Å². The zero-order valence-electron chi connectivity index (χ0n) is 17.8. The molecule has 1 fully saturated rings. The van der Waals surface area contributed by atoms with Gasteiger partial charge in [-0.2, -0.15) is 0 Å². The van der Waals surface area contributed by atoms with Gasteiger partial charge in [0.05, 0.1) is 36.4 Å². The molecule has 4 rings (SSSR count). The van der Waals surface area contributed by atoms with E-state index < -0.39 is 0 Å². The molecule has 1 saturated heterocycles. The van der Waals surface area contributed by atoms with Crippen molar-refractivity contribution >= 4 is 16.8 Å². The van der Waals surface area contributed by atoms with E-state index in [1.807, 2.05) is 31.2 Å². The van der Waals surface area contributed by atoms with E-state index in [-0.39, 0.29) is 11.5 Å². The summed E-state index contributed by atoms with van der Waals surface area (Å²) in [6, 6.07) is 11.0. The monoisotopic (exact) mass is 422 g/mol. The summed E-state index contributed by atoms with van der Waals surface area (Å²) in [7, 11) is 0. The van der Waals surface area contributed by atoms with Crippen molar-refractivity contribution < 1.29 is 14.4 Å². The first kappa shape index (κ1) is 21.2. The summed E-state index contributed by atoms with van der Waals surface area (Å²) in [4.78, 5) is 37.4. The predicted molar refractivity (Wildman–Crippen MR) is 117 cm³/mol. The van der Waals surface area contributed by atoms with Crippen LogP contribution in [-0.4, -0.2) is 53.3 Å². The van der Waals surface area contributed by atoms with Crippen LogP contribution in [0.25, 0.3) is 16.6 Å². The average molecular weight is 422 g/mol. The molecule has 0 bridgehead atoms. The highest BCUT2D eigenvalue weighted by molar-refractivity contribution is 5.94. The van der Waals surface area contributed by atoms with Crippen molar-refractivity contribution in [1.82, 2.24) is 19.9 Å². The first-order valence-corrected chi connectivity index (χ1v) is 10.4. The third kappa shape index (κ3) is 4.66. The number of carbonyl (C=O) groups is 1. The Morgan fingerprint density at radius 2 is 2.00 bits per heavy atom. The Morgan fingerprint density at radius 3 is 2.77 bits per heavy atom. The predicted octanol–water partition coefficient (Wildman–Crippen LogP) is 2.21. The molecule has 1 amide bonds. The highest BCUT2D eigenvalue weighted by Crippen LogP contribution is 2.18. The lowest BCUT2D eigenvalue weighted by molar-refractivity contribution is 0.0342. The molecule has 1 aromatic heterocycles. The molecule has 0 aliphatic carbocycles. The molecule has 31 heavy (non-hydrogen) atoms. The number of fused-ring (bicyclic) bond motifs is 1. The summed E-state index contributed by atoms with van der Waals surface area (Å²) in [5.74, 6) is -0.363. The van der Waals surface area contributed by atoms with Crippen LogP contribution in [0.15, 0.2) is 47.5 Å². The smallest absolute Gasteiger partial charge is 0.274 e. The molecule has 8 nitrogen and oxygen atoms in total. The molecule has 2 aromatic carbocycles. The van der Waals surface area contributed by atoms with E-state index in [1.165, 1.54) is 10.9 Å². The lowest BCUT2D eigenvalue weighted by Crippen LogP contribution is -2.35. The average Bonchev–Trinajstić information content (AvgIpc) is 2.79. The number of hydrogen-bond donors (Lipinski definition) is 1. The van der Waals surface area contributed by atoms with Crippen LogP contribution in [0, 0.1) is 6.92 Å². The number of amides is 1. The fraction of sp³-hybridized carbons (Fsp3) is 0.348.